The molecule has 3 heterocycles. The minimum atomic E-state index is -0.939. The van der Waals surface area contributed by atoms with E-state index in [1.807, 2.05) is 78.9 Å². The molecule has 0 bridgehead atoms. The number of esters is 1. The van der Waals surface area contributed by atoms with Gasteiger partial charge in [0.25, 0.3) is 5.91 Å². The van der Waals surface area contributed by atoms with Crippen LogP contribution in [0, 0.1) is 0 Å². The van der Waals surface area contributed by atoms with Crippen LogP contribution >= 0.6 is 12.0 Å². The van der Waals surface area contributed by atoms with E-state index in [-0.39, 0.29) is 31.4 Å². The third-order valence-corrected chi connectivity index (χ3v) is 11.2. The van der Waals surface area contributed by atoms with E-state index in [0.29, 0.717) is 27.9 Å². The van der Waals surface area contributed by atoms with E-state index < -0.39 is 29.2 Å². The molecule has 5 aromatic carbocycles. The molecule has 1 aliphatic heterocycles. The quantitative estimate of drug-likeness (QED) is 0.0633. The number of carbonyl (C=O) groups is 2. The van der Waals surface area contributed by atoms with Gasteiger partial charge in [-0.05, 0) is 52.6 Å². The second kappa shape index (κ2) is 17.4. The number of ether oxygens (including phenoxy) is 3. The molecule has 7 aromatic rings. The third-order valence-electron chi connectivity index (χ3n) is 10.0. The van der Waals surface area contributed by atoms with Crippen molar-refractivity contribution in [2.24, 2.45) is 0 Å². The molecule has 292 valence electrons. The van der Waals surface area contributed by atoms with E-state index in [1.54, 1.807) is 48.1 Å². The van der Waals surface area contributed by atoms with Crippen molar-refractivity contribution in [1.29, 1.82) is 0 Å². The predicted octanol–water partition coefficient (Wildman–Crippen LogP) is 7.75. The standard InChI is InChI=1S/C45H39N5O7S/c1-54-35-23-21-34(22-24-35)45(32-16-7-3-8-17-32,33-18-9-4-10-19-33)58-56-26-31-15-11-12-20-36(31)44(53)55-27-38-37(51)25-39(57-38)50-29-48-40-41(46-28-47-42(40)50)49-43(52)30-13-5-2-6-14-30/h2-24,28-29,37-39,51H,25-27H2,1H3,(H,46,47,49,52)/t37?,38-,39-/m1/s1. The number of rotatable bonds is 14. The van der Waals surface area contributed by atoms with Crippen LogP contribution in [0.2, 0.25) is 0 Å². The van der Waals surface area contributed by atoms with Gasteiger partial charge in [0.1, 0.15) is 35.8 Å². The SMILES string of the molecule is COc1ccc(C(SOCc2ccccc2C(=O)OC[C@H]2O[C@@H](n3cnc4c(NC(=O)c5ccccc5)ncnc43)CC2O)(c2ccccc2)c2ccccc2)cc1. The minimum Gasteiger partial charge on any atom is -0.497 e. The van der Waals surface area contributed by atoms with E-state index in [9.17, 15) is 14.7 Å². The van der Waals surface area contributed by atoms with Crippen LogP contribution in [-0.2, 0) is 25.0 Å². The van der Waals surface area contributed by atoms with Crippen LogP contribution in [0.4, 0.5) is 5.82 Å². The van der Waals surface area contributed by atoms with Crippen molar-refractivity contribution in [1.82, 2.24) is 19.5 Å². The molecule has 1 saturated heterocycles. The van der Waals surface area contributed by atoms with Gasteiger partial charge in [0, 0.05) is 24.0 Å². The Balaban J connectivity index is 0.950. The Morgan fingerprint density at radius 2 is 1.47 bits per heavy atom. The molecule has 0 spiro atoms. The Bertz CT molecular complexity index is 2450. The molecule has 0 radical (unpaired) electrons. The van der Waals surface area contributed by atoms with Gasteiger partial charge in [0.15, 0.2) is 17.0 Å². The Labute approximate surface area is 339 Å². The second-order valence-corrected chi connectivity index (χ2v) is 14.6. The van der Waals surface area contributed by atoms with E-state index in [2.05, 4.69) is 44.5 Å². The number of methoxy groups -OCH3 is 1. The maximum Gasteiger partial charge on any atom is 0.338 e. The lowest BCUT2D eigenvalue weighted by molar-refractivity contribution is -0.0509. The van der Waals surface area contributed by atoms with Crippen LogP contribution in [-0.4, -0.2) is 62.4 Å². The summed E-state index contributed by atoms with van der Waals surface area (Å²) in [5.74, 6) is 0.0790. The van der Waals surface area contributed by atoms with Gasteiger partial charge in [-0.25, -0.2) is 19.7 Å². The first-order valence-electron chi connectivity index (χ1n) is 18.6. The zero-order chi connectivity index (χ0) is 39.9. The number of hydrogen-bond donors (Lipinski definition) is 2. The average molecular weight is 794 g/mol. The average Bonchev–Trinajstić information content (AvgIpc) is 3.89. The largest absolute Gasteiger partial charge is 0.497 e. The Kier molecular flexibility index (Phi) is 11.6. The number of fused-ring (bicyclic) bond motifs is 1. The second-order valence-electron chi connectivity index (χ2n) is 13.5. The lowest BCUT2D eigenvalue weighted by Gasteiger charge is -2.34. The molecule has 58 heavy (non-hydrogen) atoms. The number of carbonyl (C=O) groups excluding carboxylic acids is 2. The number of nitrogens with zero attached hydrogens (tertiary/aromatic N) is 4. The van der Waals surface area contributed by atoms with Gasteiger partial charge in [0.05, 0.1) is 31.7 Å². The summed E-state index contributed by atoms with van der Waals surface area (Å²) in [6, 6.07) is 44.2. The van der Waals surface area contributed by atoms with E-state index in [4.69, 9.17) is 18.4 Å². The van der Waals surface area contributed by atoms with Crippen molar-refractivity contribution in [3.63, 3.8) is 0 Å². The normalized spacial score (nSPS) is 16.6. The summed E-state index contributed by atoms with van der Waals surface area (Å²) in [5.41, 5.74) is 5.25. The van der Waals surface area contributed by atoms with Crippen molar-refractivity contribution < 1.29 is 33.1 Å². The fourth-order valence-corrected chi connectivity index (χ4v) is 8.10. The van der Waals surface area contributed by atoms with Crippen LogP contribution in [0.1, 0.15) is 55.6 Å². The monoisotopic (exact) mass is 793 g/mol. The molecule has 1 aliphatic rings. The van der Waals surface area contributed by atoms with Crippen molar-refractivity contribution in [2.75, 3.05) is 19.0 Å². The highest BCUT2D eigenvalue weighted by Crippen LogP contribution is 2.49. The molecule has 0 aliphatic carbocycles. The van der Waals surface area contributed by atoms with Gasteiger partial charge in [-0.15, -0.1) is 0 Å². The maximum absolute atomic E-state index is 13.6. The lowest BCUT2D eigenvalue weighted by atomic mass is 9.84. The summed E-state index contributed by atoms with van der Waals surface area (Å²) < 4.78 is 24.8. The zero-order valence-electron chi connectivity index (χ0n) is 31.4. The molecule has 0 saturated carbocycles. The Morgan fingerprint density at radius 1 is 0.828 bits per heavy atom. The van der Waals surface area contributed by atoms with Crippen LogP contribution in [0.3, 0.4) is 0 Å². The molecule has 1 unspecified atom stereocenters. The van der Waals surface area contributed by atoms with Crippen LogP contribution in [0.15, 0.2) is 152 Å². The van der Waals surface area contributed by atoms with Crippen LogP contribution in [0.5, 0.6) is 5.75 Å². The summed E-state index contributed by atoms with van der Waals surface area (Å²) in [6.07, 6.45) is 0.639. The molecular formula is C45H39N5O7S. The fourth-order valence-electron chi connectivity index (χ4n) is 7.04. The van der Waals surface area contributed by atoms with Crippen LogP contribution in [0.25, 0.3) is 11.2 Å². The lowest BCUT2D eigenvalue weighted by Crippen LogP contribution is -2.28. The van der Waals surface area contributed by atoms with E-state index in [1.165, 1.54) is 24.7 Å². The number of benzene rings is 5. The van der Waals surface area contributed by atoms with Crippen molar-refractivity contribution in [3.05, 3.63) is 186 Å². The highest BCUT2D eigenvalue weighted by molar-refractivity contribution is 7.96. The summed E-state index contributed by atoms with van der Waals surface area (Å²) in [6.45, 7) is -0.0927. The summed E-state index contributed by atoms with van der Waals surface area (Å²) in [4.78, 5) is 39.5. The number of aliphatic hydroxyl groups is 1. The molecule has 2 N–H and O–H groups in total. The van der Waals surface area contributed by atoms with Gasteiger partial charge < -0.3 is 28.8 Å². The highest BCUT2D eigenvalue weighted by Gasteiger charge is 2.39. The van der Waals surface area contributed by atoms with Gasteiger partial charge in [-0.2, -0.15) is 0 Å². The highest BCUT2D eigenvalue weighted by atomic mass is 32.2. The number of nitrogens with one attached hydrogen (secondary N) is 1. The first-order chi connectivity index (χ1) is 28.4. The number of anilines is 1. The molecule has 1 fully saturated rings. The fraction of sp³-hybridized carbons (Fsp3) is 0.178. The molecule has 2 aromatic heterocycles. The molecule has 3 atom stereocenters. The first kappa shape index (κ1) is 38.5. The molecular weight excluding hydrogens is 755 g/mol. The predicted molar refractivity (Wildman–Crippen MR) is 219 cm³/mol. The van der Waals surface area contributed by atoms with Crippen molar-refractivity contribution in [3.8, 4) is 5.75 Å². The van der Waals surface area contributed by atoms with Gasteiger partial charge in [-0.1, -0.05) is 109 Å². The van der Waals surface area contributed by atoms with Crippen LogP contribution < -0.4 is 10.1 Å². The zero-order valence-corrected chi connectivity index (χ0v) is 32.2. The van der Waals surface area contributed by atoms with Gasteiger partial charge >= 0.3 is 5.97 Å². The molecule has 12 nitrogen and oxygen atoms in total. The molecule has 1 amide bonds. The minimum absolute atomic E-state index is 0.0987. The smallest absolute Gasteiger partial charge is 0.338 e. The first-order valence-corrected chi connectivity index (χ1v) is 19.4. The summed E-state index contributed by atoms with van der Waals surface area (Å²) in [5, 5.41) is 13.8. The number of imidazole rings is 1. The van der Waals surface area contributed by atoms with Crippen molar-refractivity contribution >= 4 is 40.9 Å². The van der Waals surface area contributed by atoms with Crippen molar-refractivity contribution in [2.45, 2.75) is 36.2 Å². The Hall–Kier alpha value is -6.38. The number of hydrogen-bond acceptors (Lipinski definition) is 11. The summed E-state index contributed by atoms with van der Waals surface area (Å²) in [7, 11) is 1.64. The topological polar surface area (TPSA) is 147 Å². The summed E-state index contributed by atoms with van der Waals surface area (Å²) >= 11 is 1.31. The third kappa shape index (κ3) is 7.93. The van der Waals surface area contributed by atoms with E-state index in [0.717, 1.165) is 22.4 Å². The van der Waals surface area contributed by atoms with E-state index >= 15 is 0 Å². The Morgan fingerprint density at radius 3 is 2.16 bits per heavy atom. The number of amides is 1. The number of aliphatic hydroxyl groups excluding tert-OH is 1. The number of aromatic nitrogens is 4. The van der Waals surface area contributed by atoms with Gasteiger partial charge in [-0.3, -0.25) is 9.36 Å². The molecule has 8 rings (SSSR count). The maximum atomic E-state index is 13.6. The van der Waals surface area contributed by atoms with Gasteiger partial charge in [0.2, 0.25) is 0 Å². The molecule has 13 heteroatoms.